The molecule has 1 heterocycles. The lowest BCUT2D eigenvalue weighted by Crippen LogP contribution is -2.50. The summed E-state index contributed by atoms with van der Waals surface area (Å²) in [5.41, 5.74) is 0.618. The average molecular weight is 483 g/mol. The summed E-state index contributed by atoms with van der Waals surface area (Å²) in [4.78, 5) is 30.4. The van der Waals surface area contributed by atoms with Crippen molar-refractivity contribution in [2.75, 3.05) is 23.0 Å². The molecule has 0 aromatic carbocycles. The Morgan fingerprint density at radius 1 is 1.00 bits per heavy atom. The summed E-state index contributed by atoms with van der Waals surface area (Å²) in [6, 6.07) is -0.974. The average Bonchev–Trinajstić information content (AvgIpc) is 2.75. The van der Waals surface area contributed by atoms with Gasteiger partial charge in [-0.15, -0.1) is 0 Å². The fraction of sp³-hybridized carbons (Fsp3) is 0.591. The molecule has 0 bridgehead atoms. The number of aliphatic imine (C=N–C) groups is 1. The van der Waals surface area contributed by atoms with E-state index < -0.39 is 43.0 Å². The predicted octanol–water partition coefficient (Wildman–Crippen LogP) is 1.84. The first-order valence-corrected chi connectivity index (χ1v) is 14.7. The van der Waals surface area contributed by atoms with Gasteiger partial charge in [-0.3, -0.25) is 9.59 Å². The fourth-order valence-corrected chi connectivity index (χ4v) is 7.23. The second-order valence-electron chi connectivity index (χ2n) is 8.43. The van der Waals surface area contributed by atoms with Crippen molar-refractivity contribution in [1.29, 1.82) is 0 Å². The molecule has 1 atom stereocenters. The maximum Gasteiger partial charge on any atom is 0.211 e. The second-order valence-corrected chi connectivity index (χ2v) is 12.8. The van der Waals surface area contributed by atoms with E-state index in [1.807, 2.05) is 19.9 Å². The second kappa shape index (κ2) is 9.82. The van der Waals surface area contributed by atoms with E-state index in [2.05, 4.69) is 10.3 Å². The molecule has 0 radical (unpaired) electrons. The van der Waals surface area contributed by atoms with Crippen LogP contribution in [0, 0.1) is 0 Å². The van der Waals surface area contributed by atoms with E-state index in [9.17, 15) is 26.4 Å². The fourth-order valence-electron chi connectivity index (χ4n) is 3.96. The minimum atomic E-state index is -3.55. The van der Waals surface area contributed by atoms with Crippen LogP contribution in [-0.4, -0.2) is 63.2 Å². The van der Waals surface area contributed by atoms with E-state index in [-0.39, 0.29) is 34.4 Å². The molecular formula is C22H30N2O6S2. The molecule has 0 unspecified atom stereocenters. The summed E-state index contributed by atoms with van der Waals surface area (Å²) in [7, 11) is -7.07. The molecule has 0 aromatic heterocycles. The third-order valence-corrected chi connectivity index (χ3v) is 9.15. The molecule has 0 amide bonds. The van der Waals surface area contributed by atoms with Crippen LogP contribution in [0.5, 0.6) is 0 Å². The van der Waals surface area contributed by atoms with Crippen LogP contribution in [0.4, 0.5) is 0 Å². The summed E-state index contributed by atoms with van der Waals surface area (Å²) >= 11 is 0. The van der Waals surface area contributed by atoms with Crippen LogP contribution < -0.4 is 5.32 Å². The van der Waals surface area contributed by atoms with E-state index in [1.54, 1.807) is 6.08 Å². The van der Waals surface area contributed by atoms with Crippen molar-refractivity contribution >= 4 is 37.0 Å². The molecule has 1 N–H and O–H groups in total. The summed E-state index contributed by atoms with van der Waals surface area (Å²) in [5, 5.41) is 2.90. The molecule has 0 aromatic rings. The number of unbranched alkanes of at least 4 members (excludes halogenated alkanes) is 2. The number of sulfone groups is 2. The van der Waals surface area contributed by atoms with Gasteiger partial charge in [0.25, 0.3) is 0 Å². The highest BCUT2D eigenvalue weighted by molar-refractivity contribution is 7.92. The molecule has 0 fully saturated rings. The Balaban J connectivity index is 1.98. The Labute approximate surface area is 189 Å². The van der Waals surface area contributed by atoms with Crippen molar-refractivity contribution in [1.82, 2.24) is 5.32 Å². The lowest BCUT2D eigenvalue weighted by Gasteiger charge is -2.31. The molecule has 176 valence electrons. The van der Waals surface area contributed by atoms with E-state index in [1.165, 1.54) is 0 Å². The first kappa shape index (κ1) is 24.6. The minimum absolute atomic E-state index is 0.0334. The highest BCUT2D eigenvalue weighted by atomic mass is 32.2. The number of nitrogens with one attached hydrogen (secondary N) is 1. The summed E-state index contributed by atoms with van der Waals surface area (Å²) < 4.78 is 50.5. The molecule has 10 heteroatoms. The van der Waals surface area contributed by atoms with Crippen molar-refractivity contribution in [3.8, 4) is 0 Å². The van der Waals surface area contributed by atoms with Crippen molar-refractivity contribution in [3.63, 3.8) is 0 Å². The zero-order valence-electron chi connectivity index (χ0n) is 18.5. The molecule has 1 aliphatic heterocycles. The first-order valence-electron chi connectivity index (χ1n) is 11.1. The van der Waals surface area contributed by atoms with Crippen LogP contribution in [0.1, 0.15) is 52.4 Å². The van der Waals surface area contributed by atoms with Crippen molar-refractivity contribution in [2.45, 2.75) is 58.4 Å². The largest absolute Gasteiger partial charge is 0.371 e. The lowest BCUT2D eigenvalue weighted by atomic mass is 9.84. The van der Waals surface area contributed by atoms with Gasteiger partial charge in [0.15, 0.2) is 19.7 Å². The number of Topliss-reactive ketones (excluding diaryl/α,β-unsaturated/α-hetero) is 2. The topological polar surface area (TPSA) is 127 Å². The van der Waals surface area contributed by atoms with Crippen LogP contribution in [0.2, 0.25) is 0 Å². The van der Waals surface area contributed by atoms with E-state index >= 15 is 0 Å². The van der Waals surface area contributed by atoms with Crippen LogP contribution in [0.15, 0.2) is 39.7 Å². The van der Waals surface area contributed by atoms with Gasteiger partial charge in [-0.25, -0.2) is 21.8 Å². The maximum atomic E-state index is 13.0. The SMILES string of the molecule is CCCCS(=O)(=O)CC1=NC2=C(N[C@H]1CS(=O)(=O)CCCC)C(=O)C1=C(CCC=C1)C2=O. The number of hydrogen-bond donors (Lipinski definition) is 1. The van der Waals surface area contributed by atoms with Gasteiger partial charge in [0.2, 0.25) is 11.6 Å². The summed E-state index contributed by atoms with van der Waals surface area (Å²) in [6.45, 7) is 3.76. The summed E-state index contributed by atoms with van der Waals surface area (Å²) in [5.74, 6) is -1.71. The number of carbonyl (C=O) groups excluding carboxylic acids is 2. The Hall–Kier alpha value is -2.07. The summed E-state index contributed by atoms with van der Waals surface area (Å²) in [6.07, 6.45) is 6.86. The molecule has 3 aliphatic rings. The smallest absolute Gasteiger partial charge is 0.211 e. The lowest BCUT2D eigenvalue weighted by molar-refractivity contribution is -0.116. The Morgan fingerprint density at radius 2 is 1.66 bits per heavy atom. The zero-order valence-corrected chi connectivity index (χ0v) is 20.1. The highest BCUT2D eigenvalue weighted by Gasteiger charge is 2.40. The molecule has 0 saturated heterocycles. The van der Waals surface area contributed by atoms with Crippen LogP contribution in [0.25, 0.3) is 0 Å². The quantitative estimate of drug-likeness (QED) is 0.471. The van der Waals surface area contributed by atoms with Gasteiger partial charge >= 0.3 is 0 Å². The Bertz CT molecular complexity index is 1140. The number of nitrogens with zero attached hydrogens (tertiary/aromatic N) is 1. The molecule has 2 aliphatic carbocycles. The molecule has 0 saturated carbocycles. The van der Waals surface area contributed by atoms with Gasteiger partial charge < -0.3 is 5.32 Å². The first-order chi connectivity index (χ1) is 15.1. The number of rotatable bonds is 10. The molecule has 0 spiro atoms. The van der Waals surface area contributed by atoms with Crippen molar-refractivity contribution in [2.24, 2.45) is 4.99 Å². The van der Waals surface area contributed by atoms with E-state index in [4.69, 9.17) is 0 Å². The standard InChI is InChI=1S/C22H30N2O6S2/c1-3-5-11-31(27,28)13-17-18(14-32(29,30)12-6-4-2)24-20-19(23-17)21(25)15-9-7-8-10-16(15)22(20)26/h7,9,17,23H,3-6,8,10-14H2,1-2H3/t17-/m0/s1. The van der Waals surface area contributed by atoms with Crippen LogP contribution in [0.3, 0.4) is 0 Å². The normalized spacial score (nSPS) is 21.3. The Morgan fingerprint density at radius 3 is 2.31 bits per heavy atom. The number of ketones is 2. The van der Waals surface area contributed by atoms with Crippen molar-refractivity contribution < 1.29 is 26.4 Å². The van der Waals surface area contributed by atoms with Crippen molar-refractivity contribution in [3.05, 3.63) is 34.7 Å². The third-order valence-electron chi connectivity index (χ3n) is 5.75. The predicted molar refractivity (Wildman–Crippen MR) is 124 cm³/mol. The number of hydrogen-bond acceptors (Lipinski definition) is 8. The minimum Gasteiger partial charge on any atom is -0.371 e. The van der Waals surface area contributed by atoms with Gasteiger partial charge in [0.1, 0.15) is 11.4 Å². The van der Waals surface area contributed by atoms with Crippen LogP contribution in [-0.2, 0) is 29.3 Å². The van der Waals surface area contributed by atoms with Gasteiger partial charge in [0, 0.05) is 11.1 Å². The number of carbonyl (C=O) groups is 2. The third kappa shape index (κ3) is 5.46. The monoisotopic (exact) mass is 482 g/mol. The van der Waals surface area contributed by atoms with E-state index in [0.717, 1.165) is 0 Å². The van der Waals surface area contributed by atoms with Gasteiger partial charge in [0.05, 0.1) is 34.8 Å². The van der Waals surface area contributed by atoms with Gasteiger partial charge in [-0.2, -0.15) is 0 Å². The number of allylic oxidation sites excluding steroid dienone is 4. The molecular weight excluding hydrogens is 452 g/mol. The van der Waals surface area contributed by atoms with E-state index in [0.29, 0.717) is 49.7 Å². The zero-order chi connectivity index (χ0) is 23.5. The van der Waals surface area contributed by atoms with Gasteiger partial charge in [-0.05, 0) is 25.7 Å². The van der Waals surface area contributed by atoms with Gasteiger partial charge in [-0.1, -0.05) is 38.8 Å². The molecule has 8 nitrogen and oxygen atoms in total. The molecule has 3 rings (SSSR count). The van der Waals surface area contributed by atoms with Crippen LogP contribution >= 0.6 is 0 Å². The molecule has 32 heavy (non-hydrogen) atoms. The highest BCUT2D eigenvalue weighted by Crippen LogP contribution is 2.33. The maximum absolute atomic E-state index is 13.0. The Kier molecular flexibility index (Phi) is 7.54.